The number of carbonyl (C=O) groups excluding carboxylic acids is 3. The fourth-order valence-electron chi connectivity index (χ4n) is 8.03. The number of hydrogen-bond donors (Lipinski definition) is 1. The Bertz CT molecular complexity index is 1650. The maximum atomic E-state index is 15.1. The molecule has 4 heterocycles. The monoisotopic (exact) mass is 642 g/mol. The highest BCUT2D eigenvalue weighted by Gasteiger charge is 2.78. The Labute approximate surface area is 274 Å². The number of thioether (sulfide) groups is 1. The number of rotatable bonds is 13. The Morgan fingerprint density at radius 2 is 1.76 bits per heavy atom. The second kappa shape index (κ2) is 12.7. The van der Waals surface area contributed by atoms with Crippen LogP contribution in [0.1, 0.15) is 44.7 Å². The average Bonchev–Trinajstić information content (AvgIpc) is 3.77. The average molecular weight is 643 g/mol. The van der Waals surface area contributed by atoms with E-state index in [-0.39, 0.29) is 37.5 Å². The molecule has 1 N–H and O–H groups in total. The van der Waals surface area contributed by atoms with Gasteiger partial charge in [0.1, 0.15) is 18.2 Å². The van der Waals surface area contributed by atoms with Gasteiger partial charge >= 0.3 is 0 Å². The van der Waals surface area contributed by atoms with Crippen LogP contribution in [0.25, 0.3) is 11.0 Å². The zero-order valence-corrected chi connectivity index (χ0v) is 27.3. The molecule has 3 aromatic rings. The summed E-state index contributed by atoms with van der Waals surface area (Å²) in [7, 11) is 0. The third-order valence-electron chi connectivity index (χ3n) is 9.95. The van der Waals surface area contributed by atoms with Crippen LogP contribution in [0, 0.1) is 11.8 Å². The summed E-state index contributed by atoms with van der Waals surface area (Å²) in [4.78, 5) is 49.4. The van der Waals surface area contributed by atoms with Crippen molar-refractivity contribution in [3.8, 4) is 0 Å². The molecule has 3 amide bonds. The molecule has 3 aliphatic rings. The molecule has 3 fully saturated rings. The smallest absolute Gasteiger partial charge is 0.248 e. The molecule has 1 aromatic heterocycles. The molecule has 2 unspecified atom stereocenters. The fraction of sp³-hybridized carbons (Fsp3) is 0.457. The van der Waals surface area contributed by atoms with E-state index in [4.69, 9.17) is 0 Å². The maximum Gasteiger partial charge on any atom is 0.248 e. The van der Waals surface area contributed by atoms with Crippen LogP contribution in [0.2, 0.25) is 0 Å². The highest BCUT2D eigenvalue weighted by Crippen LogP contribution is 2.72. The number of aliphatic hydroxyl groups is 1. The largest absolute Gasteiger partial charge is 0.394 e. The molecule has 3 saturated heterocycles. The molecule has 1 spiro atoms. The van der Waals surface area contributed by atoms with Gasteiger partial charge in [-0.2, -0.15) is 0 Å². The number of fused-ring (bicyclic) bond motifs is 2. The first kappa shape index (κ1) is 32.0. The topological polar surface area (TPSA) is 112 Å². The van der Waals surface area contributed by atoms with Crippen molar-refractivity contribution >= 4 is 40.5 Å². The van der Waals surface area contributed by atoms with Crippen molar-refractivity contribution in [2.45, 2.75) is 61.4 Å². The van der Waals surface area contributed by atoms with Gasteiger partial charge in [0, 0.05) is 24.4 Å². The molecule has 3 aliphatic heterocycles. The minimum atomic E-state index is -0.916. The van der Waals surface area contributed by atoms with E-state index in [2.05, 4.69) is 30.4 Å². The number of aromatic nitrogens is 3. The molecular formula is C35H42N6O4S. The van der Waals surface area contributed by atoms with Gasteiger partial charge in [-0.1, -0.05) is 66.8 Å². The van der Waals surface area contributed by atoms with Crippen LogP contribution in [0.4, 0.5) is 0 Å². The number of benzene rings is 2. The van der Waals surface area contributed by atoms with Gasteiger partial charge in [0.2, 0.25) is 17.7 Å². The van der Waals surface area contributed by atoms with Crippen molar-refractivity contribution < 1.29 is 19.5 Å². The highest BCUT2D eigenvalue weighted by molar-refractivity contribution is 8.02. The molecule has 0 aliphatic carbocycles. The minimum Gasteiger partial charge on any atom is -0.394 e. The zero-order chi connectivity index (χ0) is 32.6. The summed E-state index contributed by atoms with van der Waals surface area (Å²) in [5.41, 5.74) is 2.23. The van der Waals surface area contributed by atoms with Gasteiger partial charge in [0.25, 0.3) is 0 Å². The number of aliphatic hydroxyl groups excluding tert-OH is 1. The Morgan fingerprint density at radius 3 is 2.46 bits per heavy atom. The number of carbonyl (C=O) groups is 3. The standard InChI is InChI=1S/C35H42N6O4S/c1-5-19-38(20-6-2)31(43)28-29-32(44)41(27(22-42)24-13-9-8-10-14-24)30(35(29)18-17-34(28,4)46-35)33(45)39(21-7-3)23-40-26-16-12-11-15-25(26)36-37-40/h5,7-16,27-30,42H,1,3,6,17-23H2,2,4H3/t27-,28+,29+,30?,34-,35?/m1/s1. The SMILES string of the molecule is C=CCN(Cn1nnc2ccccc21)C(=O)C1N([C@H](CO)c2ccccc2)C(=O)[C@@H]2[C@@H](C(=O)N(CC=C)CCC)[C@@]3(C)CCC12S3. The first-order valence-electron chi connectivity index (χ1n) is 16.0. The van der Waals surface area contributed by atoms with E-state index < -0.39 is 33.4 Å². The van der Waals surface area contributed by atoms with Gasteiger partial charge < -0.3 is 19.8 Å². The molecule has 11 heteroatoms. The van der Waals surface area contributed by atoms with Crippen LogP contribution in [0.5, 0.6) is 0 Å². The molecule has 10 nitrogen and oxygen atoms in total. The normalized spacial score (nSPS) is 27.1. The lowest BCUT2D eigenvalue weighted by atomic mass is 9.66. The van der Waals surface area contributed by atoms with E-state index in [1.54, 1.807) is 43.3 Å². The Kier molecular flexibility index (Phi) is 8.82. The second-order valence-corrected chi connectivity index (χ2v) is 14.6. The van der Waals surface area contributed by atoms with E-state index in [1.165, 1.54) is 0 Å². The summed E-state index contributed by atoms with van der Waals surface area (Å²) < 4.78 is 0.321. The summed E-state index contributed by atoms with van der Waals surface area (Å²) in [6.07, 6.45) is 5.48. The van der Waals surface area contributed by atoms with E-state index in [1.807, 2.05) is 61.5 Å². The van der Waals surface area contributed by atoms with Crippen molar-refractivity contribution in [1.29, 1.82) is 0 Å². The van der Waals surface area contributed by atoms with Crippen molar-refractivity contribution in [1.82, 2.24) is 29.7 Å². The number of amides is 3. The fourth-order valence-corrected chi connectivity index (χ4v) is 10.4. The first-order chi connectivity index (χ1) is 22.2. The lowest BCUT2D eigenvalue weighted by Crippen LogP contribution is -2.56. The summed E-state index contributed by atoms with van der Waals surface area (Å²) >= 11 is 1.63. The van der Waals surface area contributed by atoms with Gasteiger partial charge in [0.15, 0.2) is 0 Å². The van der Waals surface area contributed by atoms with Crippen LogP contribution in [-0.2, 0) is 21.1 Å². The Balaban J connectivity index is 1.46. The summed E-state index contributed by atoms with van der Waals surface area (Å²) in [5, 5.41) is 19.5. The van der Waals surface area contributed by atoms with E-state index >= 15 is 4.79 Å². The molecule has 2 bridgehead atoms. The quantitative estimate of drug-likeness (QED) is 0.280. The van der Waals surface area contributed by atoms with Gasteiger partial charge in [-0.25, -0.2) is 4.68 Å². The number of likely N-dealkylation sites (tertiary alicyclic amines) is 1. The van der Waals surface area contributed by atoms with Crippen LogP contribution in [0.3, 0.4) is 0 Å². The predicted octanol–water partition coefficient (Wildman–Crippen LogP) is 4.04. The molecule has 0 saturated carbocycles. The van der Waals surface area contributed by atoms with E-state index in [0.29, 0.717) is 31.4 Å². The summed E-state index contributed by atoms with van der Waals surface area (Å²) in [6, 6.07) is 15.2. The number of para-hydroxylation sites is 1. The van der Waals surface area contributed by atoms with Crippen LogP contribution >= 0.6 is 11.8 Å². The molecule has 2 aromatic carbocycles. The third-order valence-corrected chi connectivity index (χ3v) is 11.9. The molecule has 46 heavy (non-hydrogen) atoms. The molecule has 6 atom stereocenters. The van der Waals surface area contributed by atoms with Gasteiger partial charge in [-0.3, -0.25) is 14.4 Å². The summed E-state index contributed by atoms with van der Waals surface area (Å²) in [5.74, 6) is -1.89. The van der Waals surface area contributed by atoms with E-state index in [9.17, 15) is 14.7 Å². The van der Waals surface area contributed by atoms with Crippen LogP contribution in [0.15, 0.2) is 79.9 Å². The number of hydrogen-bond acceptors (Lipinski definition) is 7. The molecule has 242 valence electrons. The van der Waals surface area contributed by atoms with Gasteiger partial charge in [-0.15, -0.1) is 30.0 Å². The van der Waals surface area contributed by atoms with Crippen molar-refractivity contribution in [2.75, 3.05) is 26.2 Å². The molecule has 0 radical (unpaired) electrons. The van der Waals surface area contributed by atoms with Crippen LogP contribution < -0.4 is 0 Å². The molecular weight excluding hydrogens is 600 g/mol. The lowest BCUT2D eigenvalue weighted by molar-refractivity contribution is -0.148. The lowest BCUT2D eigenvalue weighted by Gasteiger charge is -2.39. The van der Waals surface area contributed by atoms with Crippen LogP contribution in [-0.4, -0.2) is 94.3 Å². The maximum absolute atomic E-state index is 15.1. The Morgan fingerprint density at radius 1 is 1.07 bits per heavy atom. The molecule has 6 rings (SSSR count). The minimum absolute atomic E-state index is 0.0676. The predicted molar refractivity (Wildman–Crippen MR) is 178 cm³/mol. The zero-order valence-electron chi connectivity index (χ0n) is 26.5. The third kappa shape index (κ3) is 5.04. The second-order valence-electron chi connectivity index (χ2n) is 12.7. The van der Waals surface area contributed by atoms with Gasteiger partial charge in [-0.05, 0) is 43.9 Å². The highest BCUT2D eigenvalue weighted by atomic mass is 32.2. The number of nitrogens with zero attached hydrogens (tertiary/aromatic N) is 6. The van der Waals surface area contributed by atoms with Crippen molar-refractivity contribution in [3.63, 3.8) is 0 Å². The Hall–Kier alpha value is -3.96. The van der Waals surface area contributed by atoms with E-state index in [0.717, 1.165) is 17.5 Å². The van der Waals surface area contributed by atoms with Crippen molar-refractivity contribution in [3.05, 3.63) is 85.5 Å². The summed E-state index contributed by atoms with van der Waals surface area (Å²) in [6.45, 7) is 12.8. The van der Waals surface area contributed by atoms with Crippen molar-refractivity contribution in [2.24, 2.45) is 11.8 Å². The van der Waals surface area contributed by atoms with Gasteiger partial charge in [0.05, 0.1) is 34.7 Å². The first-order valence-corrected chi connectivity index (χ1v) is 16.8.